The fraction of sp³-hybridized carbons (Fsp3) is 0. The second-order valence-corrected chi connectivity index (χ2v) is 6.76. The van der Waals surface area contributed by atoms with Crippen LogP contribution in [0.4, 0.5) is 11.4 Å². The Morgan fingerprint density at radius 3 is 2.60 bits per heavy atom. The van der Waals surface area contributed by atoms with Crippen molar-refractivity contribution >= 4 is 39.9 Å². The summed E-state index contributed by atoms with van der Waals surface area (Å²) in [4.78, 5) is 42.9. The van der Waals surface area contributed by atoms with Crippen molar-refractivity contribution in [3.05, 3.63) is 97.8 Å². The van der Waals surface area contributed by atoms with Gasteiger partial charge in [0.25, 0.3) is 17.2 Å². The fourth-order valence-corrected chi connectivity index (χ4v) is 3.19. The molecule has 9 heteroatoms. The maximum atomic E-state index is 12.7. The zero-order valence-electron chi connectivity index (χ0n) is 15.3. The number of nitro benzene ring substituents is 1. The lowest BCUT2D eigenvalue weighted by molar-refractivity contribution is -0.384. The molecule has 0 spiro atoms. The number of halogens is 1. The number of nitrogens with one attached hydrogen (secondary N) is 2. The van der Waals surface area contributed by atoms with E-state index in [9.17, 15) is 19.7 Å². The number of H-pyrrole nitrogens is 1. The van der Waals surface area contributed by atoms with Crippen molar-refractivity contribution in [2.75, 3.05) is 5.32 Å². The summed E-state index contributed by atoms with van der Waals surface area (Å²) in [6.45, 7) is 0. The number of nitro groups is 1. The van der Waals surface area contributed by atoms with Crippen molar-refractivity contribution in [3.63, 3.8) is 0 Å². The highest BCUT2D eigenvalue weighted by Crippen LogP contribution is 2.28. The molecule has 0 unspecified atom stereocenters. The standard InChI is InChI=1S/C21H13ClN4O4/c22-14-10-9-12(11-18(14)26(29)30)20(27)24-15-6-2-1-5-13(15)19-21(28)25-17-8-4-3-7-16(17)23-19/h1-11H,(H,24,27)(H,25,28). The number of carbonyl (C=O) groups excluding carboxylic acids is 1. The molecule has 1 heterocycles. The van der Waals surface area contributed by atoms with Gasteiger partial charge >= 0.3 is 0 Å². The normalized spacial score (nSPS) is 10.7. The number of anilines is 1. The van der Waals surface area contributed by atoms with Gasteiger partial charge in [-0.1, -0.05) is 41.9 Å². The third kappa shape index (κ3) is 3.63. The van der Waals surface area contributed by atoms with Crippen molar-refractivity contribution < 1.29 is 9.72 Å². The number of carbonyl (C=O) groups is 1. The number of hydrogen-bond donors (Lipinski definition) is 2. The molecule has 0 aliphatic carbocycles. The van der Waals surface area contributed by atoms with Crippen molar-refractivity contribution in [2.24, 2.45) is 0 Å². The molecule has 1 amide bonds. The number of amides is 1. The van der Waals surface area contributed by atoms with Crippen LogP contribution in [0.15, 0.2) is 71.5 Å². The number of benzene rings is 3. The summed E-state index contributed by atoms with van der Waals surface area (Å²) in [7, 11) is 0. The predicted octanol–water partition coefficient (Wildman–Crippen LogP) is 4.40. The van der Waals surface area contributed by atoms with Crippen LogP contribution in [0.2, 0.25) is 5.02 Å². The van der Waals surface area contributed by atoms with Gasteiger partial charge in [-0.3, -0.25) is 19.7 Å². The summed E-state index contributed by atoms with van der Waals surface area (Å²) in [6.07, 6.45) is 0. The van der Waals surface area contributed by atoms with Crippen LogP contribution in [-0.2, 0) is 0 Å². The lowest BCUT2D eigenvalue weighted by Crippen LogP contribution is -2.16. The largest absolute Gasteiger partial charge is 0.321 e. The molecular formula is C21H13ClN4O4. The number of rotatable bonds is 4. The molecule has 0 radical (unpaired) electrons. The molecule has 0 aliphatic rings. The number of para-hydroxylation sites is 3. The van der Waals surface area contributed by atoms with Gasteiger partial charge in [0.2, 0.25) is 0 Å². The van der Waals surface area contributed by atoms with Crippen LogP contribution in [0, 0.1) is 10.1 Å². The average molecular weight is 421 g/mol. The first-order valence-corrected chi connectivity index (χ1v) is 9.15. The number of aromatic nitrogens is 2. The highest BCUT2D eigenvalue weighted by atomic mass is 35.5. The highest BCUT2D eigenvalue weighted by Gasteiger charge is 2.18. The lowest BCUT2D eigenvalue weighted by Gasteiger charge is -2.11. The molecule has 1 aromatic heterocycles. The zero-order valence-corrected chi connectivity index (χ0v) is 16.0. The zero-order chi connectivity index (χ0) is 21.3. The first kappa shape index (κ1) is 19.3. The van der Waals surface area contributed by atoms with Crippen molar-refractivity contribution in [3.8, 4) is 11.3 Å². The monoisotopic (exact) mass is 420 g/mol. The summed E-state index contributed by atoms with van der Waals surface area (Å²) in [6, 6.07) is 17.6. The van der Waals surface area contributed by atoms with Crippen LogP contribution in [0.25, 0.3) is 22.3 Å². The van der Waals surface area contributed by atoms with Crippen molar-refractivity contribution in [1.82, 2.24) is 9.97 Å². The van der Waals surface area contributed by atoms with E-state index in [1.54, 1.807) is 48.5 Å². The molecule has 2 N–H and O–H groups in total. The van der Waals surface area contributed by atoms with E-state index in [0.29, 0.717) is 22.3 Å². The van der Waals surface area contributed by atoms with Crippen LogP contribution < -0.4 is 10.9 Å². The van der Waals surface area contributed by atoms with E-state index in [2.05, 4.69) is 15.3 Å². The van der Waals surface area contributed by atoms with E-state index in [0.717, 1.165) is 6.07 Å². The summed E-state index contributed by atoms with van der Waals surface area (Å²) in [5.74, 6) is -0.584. The predicted molar refractivity (Wildman–Crippen MR) is 114 cm³/mol. The minimum absolute atomic E-state index is 0.0567. The Bertz CT molecular complexity index is 1370. The summed E-state index contributed by atoms with van der Waals surface area (Å²) in [5.41, 5.74) is 1.38. The Morgan fingerprint density at radius 2 is 1.80 bits per heavy atom. The maximum absolute atomic E-state index is 12.7. The third-order valence-electron chi connectivity index (χ3n) is 4.43. The van der Waals surface area contributed by atoms with Gasteiger partial charge in [-0.15, -0.1) is 0 Å². The van der Waals surface area contributed by atoms with Crippen LogP contribution >= 0.6 is 11.6 Å². The quantitative estimate of drug-likeness (QED) is 0.374. The van der Waals surface area contributed by atoms with Crippen LogP contribution in [0.1, 0.15) is 10.4 Å². The van der Waals surface area contributed by atoms with Gasteiger partial charge < -0.3 is 10.3 Å². The second kappa shape index (κ2) is 7.76. The Morgan fingerprint density at radius 1 is 1.07 bits per heavy atom. The number of hydrogen-bond acceptors (Lipinski definition) is 5. The molecule has 3 aromatic carbocycles. The Balaban J connectivity index is 1.74. The Labute approximate surface area is 174 Å². The minimum atomic E-state index is -0.661. The Hall–Kier alpha value is -4.04. The van der Waals surface area contributed by atoms with Crippen LogP contribution in [0.5, 0.6) is 0 Å². The van der Waals surface area contributed by atoms with Crippen LogP contribution in [0.3, 0.4) is 0 Å². The first-order chi connectivity index (χ1) is 14.4. The van der Waals surface area contributed by atoms with E-state index < -0.39 is 16.4 Å². The molecular weight excluding hydrogens is 408 g/mol. The topological polar surface area (TPSA) is 118 Å². The fourth-order valence-electron chi connectivity index (χ4n) is 3.00. The molecule has 8 nitrogen and oxygen atoms in total. The molecule has 0 saturated heterocycles. The van der Waals surface area contributed by atoms with Crippen molar-refractivity contribution in [2.45, 2.75) is 0 Å². The molecule has 0 aliphatic heterocycles. The van der Waals surface area contributed by atoms with Crippen molar-refractivity contribution in [1.29, 1.82) is 0 Å². The van der Waals surface area contributed by atoms with Gasteiger partial charge in [-0.25, -0.2) is 4.98 Å². The molecule has 148 valence electrons. The molecule has 0 fully saturated rings. The lowest BCUT2D eigenvalue weighted by atomic mass is 10.1. The van der Waals surface area contributed by atoms with Gasteiger partial charge in [0, 0.05) is 17.2 Å². The third-order valence-corrected chi connectivity index (χ3v) is 4.75. The second-order valence-electron chi connectivity index (χ2n) is 6.35. The van der Waals surface area contributed by atoms with E-state index in [1.807, 2.05) is 0 Å². The Kier molecular flexibility index (Phi) is 4.99. The minimum Gasteiger partial charge on any atom is -0.321 e. The van der Waals surface area contributed by atoms with Crippen LogP contribution in [-0.4, -0.2) is 20.8 Å². The van der Waals surface area contributed by atoms with E-state index in [4.69, 9.17) is 11.6 Å². The van der Waals surface area contributed by atoms with E-state index in [1.165, 1.54) is 12.1 Å². The summed E-state index contributed by atoms with van der Waals surface area (Å²) < 4.78 is 0. The van der Waals surface area contributed by atoms with Gasteiger partial charge in [0.1, 0.15) is 10.7 Å². The summed E-state index contributed by atoms with van der Waals surface area (Å²) in [5, 5.41) is 13.7. The highest BCUT2D eigenvalue weighted by molar-refractivity contribution is 6.32. The van der Waals surface area contributed by atoms with Gasteiger partial charge in [0.05, 0.1) is 21.6 Å². The number of nitrogens with zero attached hydrogens (tertiary/aromatic N) is 2. The molecule has 4 rings (SSSR count). The van der Waals surface area contributed by atoms with E-state index in [-0.39, 0.29) is 22.0 Å². The molecule has 0 saturated carbocycles. The first-order valence-electron chi connectivity index (χ1n) is 8.78. The molecule has 0 atom stereocenters. The van der Waals surface area contributed by atoms with Gasteiger partial charge in [0.15, 0.2) is 0 Å². The molecule has 30 heavy (non-hydrogen) atoms. The van der Waals surface area contributed by atoms with Gasteiger partial charge in [-0.2, -0.15) is 0 Å². The number of fused-ring (bicyclic) bond motifs is 1. The molecule has 0 bridgehead atoms. The van der Waals surface area contributed by atoms with Gasteiger partial charge in [-0.05, 0) is 30.3 Å². The smallest absolute Gasteiger partial charge is 0.288 e. The number of aromatic amines is 1. The maximum Gasteiger partial charge on any atom is 0.288 e. The average Bonchev–Trinajstić information content (AvgIpc) is 2.74. The van der Waals surface area contributed by atoms with E-state index >= 15 is 0 Å². The SMILES string of the molecule is O=C(Nc1ccccc1-c1nc2ccccc2[nH]c1=O)c1ccc(Cl)c([N+](=O)[O-])c1. The molecule has 4 aromatic rings. The summed E-state index contributed by atoms with van der Waals surface area (Å²) >= 11 is 5.81.